The highest BCUT2D eigenvalue weighted by Crippen LogP contribution is 2.08. The van der Waals surface area contributed by atoms with Gasteiger partial charge in [0, 0.05) is 0 Å². The zero-order chi connectivity index (χ0) is 17.3. The lowest BCUT2D eigenvalue weighted by Crippen LogP contribution is -3.18. The summed E-state index contributed by atoms with van der Waals surface area (Å²) in [7, 11) is 0. The Morgan fingerprint density at radius 2 is 0.913 bits per heavy atom. The highest BCUT2D eigenvalue weighted by Gasteiger charge is 2.22. The molecular weight excluding hydrogens is 278 g/mol. The fourth-order valence-corrected chi connectivity index (χ4v) is 3.83. The van der Waals surface area contributed by atoms with E-state index in [-0.39, 0.29) is 0 Å². The van der Waals surface area contributed by atoms with Crippen molar-refractivity contribution in [1.82, 2.24) is 0 Å². The Bertz CT molecular complexity index is 212. The van der Waals surface area contributed by atoms with Crippen molar-refractivity contribution < 1.29 is 4.90 Å². The van der Waals surface area contributed by atoms with Crippen LogP contribution in [0.3, 0.4) is 0 Å². The lowest BCUT2D eigenvalue weighted by molar-refractivity contribution is -0.947. The number of rotatable bonds is 17. The van der Waals surface area contributed by atoms with E-state index >= 15 is 0 Å². The molecule has 2 atom stereocenters. The Labute approximate surface area is 148 Å². The maximum atomic E-state index is 2.50. The smallest absolute Gasteiger partial charge is 0.0848 e. The molecule has 0 saturated heterocycles. The Morgan fingerprint density at radius 1 is 0.522 bits per heavy atom. The molecule has 1 nitrogen and oxygen atoms in total. The molecule has 140 valence electrons. The van der Waals surface area contributed by atoms with Gasteiger partial charge < -0.3 is 4.90 Å². The second kappa shape index (κ2) is 16.8. The Balaban J connectivity index is 4.00. The van der Waals surface area contributed by atoms with Crippen LogP contribution in [0.5, 0.6) is 0 Å². The van der Waals surface area contributed by atoms with E-state index in [0.29, 0.717) is 0 Å². The molecule has 0 spiro atoms. The van der Waals surface area contributed by atoms with Gasteiger partial charge in [0.15, 0.2) is 0 Å². The Morgan fingerprint density at radius 3 is 1.35 bits per heavy atom. The van der Waals surface area contributed by atoms with Gasteiger partial charge in [0.2, 0.25) is 0 Å². The molecule has 0 aliphatic heterocycles. The van der Waals surface area contributed by atoms with Crippen molar-refractivity contribution in [2.75, 3.05) is 6.54 Å². The van der Waals surface area contributed by atoms with Gasteiger partial charge in [-0.25, -0.2) is 0 Å². The number of nitrogens with one attached hydrogen (secondary N) is 1. The van der Waals surface area contributed by atoms with Crippen molar-refractivity contribution in [2.24, 2.45) is 0 Å². The van der Waals surface area contributed by atoms with Gasteiger partial charge in [-0.1, -0.05) is 72.1 Å². The molecule has 0 bridgehead atoms. The van der Waals surface area contributed by atoms with Gasteiger partial charge in [-0.2, -0.15) is 0 Å². The molecule has 23 heavy (non-hydrogen) atoms. The van der Waals surface area contributed by atoms with E-state index in [9.17, 15) is 0 Å². The minimum absolute atomic E-state index is 0.853. The maximum absolute atomic E-state index is 2.50. The third-order valence-electron chi connectivity index (χ3n) is 5.57. The van der Waals surface area contributed by atoms with Gasteiger partial charge in [-0.15, -0.1) is 0 Å². The summed E-state index contributed by atoms with van der Waals surface area (Å²) in [5.74, 6) is 0. The van der Waals surface area contributed by atoms with E-state index < -0.39 is 0 Å². The van der Waals surface area contributed by atoms with Crippen LogP contribution in [0, 0.1) is 0 Å². The Kier molecular flexibility index (Phi) is 16.8. The van der Waals surface area contributed by atoms with E-state index in [1.54, 1.807) is 0 Å². The van der Waals surface area contributed by atoms with E-state index in [0.717, 1.165) is 12.1 Å². The highest BCUT2D eigenvalue weighted by molar-refractivity contribution is 4.56. The van der Waals surface area contributed by atoms with Crippen molar-refractivity contribution in [3.8, 4) is 0 Å². The second-order valence-electron chi connectivity index (χ2n) is 7.89. The van der Waals surface area contributed by atoms with Gasteiger partial charge in [0.1, 0.15) is 0 Å². The molecule has 0 aromatic carbocycles. The number of quaternary nitrogens is 1. The first-order valence-corrected chi connectivity index (χ1v) is 11.0. The quantitative estimate of drug-likeness (QED) is 0.305. The van der Waals surface area contributed by atoms with E-state index in [1.165, 1.54) is 96.4 Å². The summed E-state index contributed by atoms with van der Waals surface area (Å²) in [5, 5.41) is 0. The third-order valence-corrected chi connectivity index (χ3v) is 5.57. The minimum atomic E-state index is 0.853. The van der Waals surface area contributed by atoms with E-state index in [2.05, 4.69) is 34.6 Å². The van der Waals surface area contributed by atoms with Crippen molar-refractivity contribution in [3.05, 3.63) is 0 Å². The fourth-order valence-electron chi connectivity index (χ4n) is 3.83. The van der Waals surface area contributed by atoms with Gasteiger partial charge in [-0.3, -0.25) is 0 Å². The molecule has 1 N–H and O–H groups in total. The molecule has 0 aromatic rings. The molecule has 0 amide bonds. The van der Waals surface area contributed by atoms with Crippen LogP contribution in [0.2, 0.25) is 0 Å². The number of hydrogen-bond donors (Lipinski definition) is 1. The average Bonchev–Trinajstić information content (AvgIpc) is 2.56. The van der Waals surface area contributed by atoms with Crippen LogP contribution < -0.4 is 4.90 Å². The lowest BCUT2D eigenvalue weighted by atomic mass is 10.0. The average molecular weight is 327 g/mol. The molecule has 0 saturated carbocycles. The molecule has 0 heterocycles. The van der Waals surface area contributed by atoms with Gasteiger partial charge in [0.05, 0.1) is 18.6 Å². The first-order valence-electron chi connectivity index (χ1n) is 11.0. The highest BCUT2D eigenvalue weighted by atomic mass is 15.2. The van der Waals surface area contributed by atoms with Crippen LogP contribution >= 0.6 is 0 Å². The van der Waals surface area contributed by atoms with Gasteiger partial charge in [0.25, 0.3) is 0 Å². The normalized spacial score (nSPS) is 15.5. The van der Waals surface area contributed by atoms with Crippen LogP contribution in [0.15, 0.2) is 0 Å². The summed E-state index contributed by atoms with van der Waals surface area (Å²) >= 11 is 0. The van der Waals surface area contributed by atoms with E-state index in [1.807, 2.05) is 4.90 Å². The summed E-state index contributed by atoms with van der Waals surface area (Å²) < 4.78 is 0. The Hall–Kier alpha value is -0.0400. The zero-order valence-corrected chi connectivity index (χ0v) is 17.3. The topological polar surface area (TPSA) is 4.44 Å². The molecule has 0 rings (SSSR count). The van der Waals surface area contributed by atoms with Crippen LogP contribution in [0.4, 0.5) is 0 Å². The van der Waals surface area contributed by atoms with Gasteiger partial charge in [-0.05, 0) is 52.4 Å². The van der Waals surface area contributed by atoms with Crippen LogP contribution in [0.1, 0.15) is 125 Å². The van der Waals surface area contributed by atoms with E-state index in [4.69, 9.17) is 0 Å². The lowest BCUT2D eigenvalue weighted by Gasteiger charge is -2.32. The summed E-state index contributed by atoms with van der Waals surface area (Å²) in [6, 6.07) is 1.71. The third kappa shape index (κ3) is 13.0. The van der Waals surface area contributed by atoms with Crippen molar-refractivity contribution >= 4 is 0 Å². The van der Waals surface area contributed by atoms with Crippen LogP contribution in [0.25, 0.3) is 0 Å². The molecule has 0 aliphatic rings. The van der Waals surface area contributed by atoms with Crippen molar-refractivity contribution in [2.45, 2.75) is 137 Å². The summed E-state index contributed by atoms with van der Waals surface area (Å²) in [5.41, 5.74) is 0. The minimum Gasteiger partial charge on any atom is -0.331 e. The summed E-state index contributed by atoms with van der Waals surface area (Å²) in [6.07, 6.45) is 19.9. The standard InChI is InChI=1S/C22H47N/c1-6-9-12-13-14-15-16-17-20-23(21(4)18-10-7-2)22(5)19-11-8-3/h21-22H,6-20H2,1-5H3/p+1. The molecule has 0 aromatic heterocycles. The predicted molar refractivity (Wildman–Crippen MR) is 106 cm³/mol. The summed E-state index contributed by atoms with van der Waals surface area (Å²) in [4.78, 5) is 1.90. The number of hydrogen-bond acceptors (Lipinski definition) is 0. The van der Waals surface area contributed by atoms with Crippen LogP contribution in [-0.4, -0.2) is 18.6 Å². The van der Waals surface area contributed by atoms with Gasteiger partial charge >= 0.3 is 0 Å². The largest absolute Gasteiger partial charge is 0.331 e. The molecule has 2 unspecified atom stereocenters. The molecule has 0 aliphatic carbocycles. The zero-order valence-electron chi connectivity index (χ0n) is 17.3. The van der Waals surface area contributed by atoms with Crippen molar-refractivity contribution in [3.63, 3.8) is 0 Å². The van der Waals surface area contributed by atoms with Crippen LogP contribution in [-0.2, 0) is 0 Å². The second-order valence-corrected chi connectivity index (χ2v) is 7.89. The first kappa shape index (κ1) is 23.0. The first-order chi connectivity index (χ1) is 11.2. The monoisotopic (exact) mass is 326 g/mol. The number of unbranched alkanes of at least 4 members (excludes halogenated alkanes) is 9. The SMILES string of the molecule is CCCCCCCCCC[NH+](C(C)CCCC)C(C)CCCC. The van der Waals surface area contributed by atoms with Crippen molar-refractivity contribution in [1.29, 1.82) is 0 Å². The fraction of sp³-hybridized carbons (Fsp3) is 1.00. The predicted octanol–water partition coefficient (Wildman–Crippen LogP) is 6.17. The molecule has 0 radical (unpaired) electrons. The molecule has 1 heteroatoms. The molecular formula is C22H48N+. The summed E-state index contributed by atoms with van der Waals surface area (Å²) in [6.45, 7) is 13.4. The maximum Gasteiger partial charge on any atom is 0.0848 e. The molecule has 0 fully saturated rings.